The summed E-state index contributed by atoms with van der Waals surface area (Å²) in [5.74, 6) is -0.0697. The number of imide groups is 1. The van der Waals surface area contributed by atoms with Gasteiger partial charge in [0.15, 0.2) is 5.16 Å². The van der Waals surface area contributed by atoms with Gasteiger partial charge < -0.3 is 0 Å². The Morgan fingerprint density at radius 2 is 1.71 bits per heavy atom. The highest BCUT2D eigenvalue weighted by Crippen LogP contribution is 2.34. The zero-order valence-electron chi connectivity index (χ0n) is 16.5. The standard InChI is InChI=1S/C22H17N3O3S3/c1-2-24-21(28)17-15(16-8-5-10-29-16)12-31-18(17)23-22(24)30-11-9-25-19(26)13-6-3-4-7-14(13)20(25)27/h3-8,10,12H,2,9,11H2,1H3. The Kier molecular flexibility index (Phi) is 5.25. The molecule has 0 unspecified atom stereocenters. The number of carbonyl (C=O) groups is 2. The van der Waals surface area contributed by atoms with Gasteiger partial charge in [-0.2, -0.15) is 0 Å². The number of aromatic nitrogens is 2. The third-order valence-corrected chi connectivity index (χ3v) is 7.92. The van der Waals surface area contributed by atoms with Crippen molar-refractivity contribution in [3.8, 4) is 10.4 Å². The molecule has 6 nitrogen and oxygen atoms in total. The molecule has 0 atom stereocenters. The molecule has 1 aliphatic rings. The highest BCUT2D eigenvalue weighted by molar-refractivity contribution is 7.99. The van der Waals surface area contributed by atoms with Crippen molar-refractivity contribution in [2.45, 2.75) is 18.6 Å². The molecular weight excluding hydrogens is 450 g/mol. The molecule has 3 aromatic heterocycles. The molecule has 0 spiro atoms. The number of hydrogen-bond donors (Lipinski definition) is 0. The Bertz CT molecular complexity index is 1340. The summed E-state index contributed by atoms with van der Waals surface area (Å²) in [6.45, 7) is 2.68. The fourth-order valence-electron chi connectivity index (χ4n) is 3.68. The third kappa shape index (κ3) is 3.33. The first-order valence-electron chi connectivity index (χ1n) is 9.74. The quantitative estimate of drug-likeness (QED) is 0.236. The summed E-state index contributed by atoms with van der Waals surface area (Å²) in [5, 5.41) is 5.24. The molecule has 1 aromatic carbocycles. The number of carbonyl (C=O) groups excluding carboxylic acids is 2. The number of benzene rings is 1. The Morgan fingerprint density at radius 3 is 2.35 bits per heavy atom. The molecule has 4 aromatic rings. The average molecular weight is 468 g/mol. The molecule has 0 bridgehead atoms. The van der Waals surface area contributed by atoms with Gasteiger partial charge in [0, 0.05) is 34.7 Å². The van der Waals surface area contributed by atoms with E-state index in [1.807, 2.05) is 29.8 Å². The van der Waals surface area contributed by atoms with Crippen molar-refractivity contribution in [3.63, 3.8) is 0 Å². The minimum Gasteiger partial charge on any atom is -0.287 e. The Hall–Kier alpha value is -2.75. The van der Waals surface area contributed by atoms with E-state index >= 15 is 0 Å². The van der Waals surface area contributed by atoms with Crippen LogP contribution in [0, 0.1) is 0 Å². The lowest BCUT2D eigenvalue weighted by Gasteiger charge is -2.14. The zero-order chi connectivity index (χ0) is 21.5. The first-order chi connectivity index (χ1) is 15.1. The predicted molar refractivity (Wildman–Crippen MR) is 125 cm³/mol. The predicted octanol–water partition coefficient (Wildman–Crippen LogP) is 4.59. The molecule has 31 heavy (non-hydrogen) atoms. The fourth-order valence-corrected chi connectivity index (χ4v) is 6.47. The van der Waals surface area contributed by atoms with Crippen molar-refractivity contribution < 1.29 is 9.59 Å². The summed E-state index contributed by atoms with van der Waals surface area (Å²) in [5.41, 5.74) is 1.77. The molecular formula is C22H17N3O3S3. The van der Waals surface area contributed by atoms with Gasteiger partial charge in [0.05, 0.1) is 16.5 Å². The largest absolute Gasteiger partial charge is 0.287 e. The molecule has 0 fully saturated rings. The lowest BCUT2D eigenvalue weighted by molar-refractivity contribution is 0.0664. The van der Waals surface area contributed by atoms with E-state index in [-0.39, 0.29) is 23.9 Å². The van der Waals surface area contributed by atoms with Crippen LogP contribution in [0.25, 0.3) is 20.7 Å². The van der Waals surface area contributed by atoms with Crippen LogP contribution in [0.3, 0.4) is 0 Å². The van der Waals surface area contributed by atoms with Crippen molar-refractivity contribution in [2.24, 2.45) is 0 Å². The monoisotopic (exact) mass is 467 g/mol. The van der Waals surface area contributed by atoms with E-state index in [0.29, 0.717) is 38.8 Å². The number of thioether (sulfide) groups is 1. The van der Waals surface area contributed by atoms with Crippen LogP contribution in [-0.4, -0.2) is 38.6 Å². The van der Waals surface area contributed by atoms with Gasteiger partial charge in [0.25, 0.3) is 17.4 Å². The molecule has 4 heterocycles. The summed E-state index contributed by atoms with van der Waals surface area (Å²) in [7, 11) is 0. The molecule has 0 radical (unpaired) electrons. The van der Waals surface area contributed by atoms with E-state index in [4.69, 9.17) is 4.98 Å². The highest BCUT2D eigenvalue weighted by Gasteiger charge is 2.34. The number of rotatable bonds is 6. The molecule has 156 valence electrons. The van der Waals surface area contributed by atoms with Crippen molar-refractivity contribution in [1.29, 1.82) is 0 Å². The van der Waals surface area contributed by atoms with E-state index in [0.717, 1.165) is 10.4 Å². The minimum absolute atomic E-state index is 0.0552. The highest BCUT2D eigenvalue weighted by atomic mass is 32.2. The van der Waals surface area contributed by atoms with Crippen molar-refractivity contribution >= 4 is 56.5 Å². The molecule has 5 rings (SSSR count). The van der Waals surface area contributed by atoms with Crippen LogP contribution in [0.2, 0.25) is 0 Å². The van der Waals surface area contributed by atoms with Gasteiger partial charge in [-0.25, -0.2) is 4.98 Å². The van der Waals surface area contributed by atoms with E-state index in [1.54, 1.807) is 40.2 Å². The third-order valence-electron chi connectivity index (χ3n) is 5.19. The number of hydrogen-bond acceptors (Lipinski definition) is 7. The number of amides is 2. The average Bonchev–Trinajstić information content (AvgIpc) is 3.50. The molecule has 0 saturated heterocycles. The second kappa shape index (κ2) is 8.07. The van der Waals surface area contributed by atoms with Crippen LogP contribution in [-0.2, 0) is 6.54 Å². The fraction of sp³-hybridized carbons (Fsp3) is 0.182. The van der Waals surface area contributed by atoms with Crippen LogP contribution in [0.4, 0.5) is 0 Å². The number of fused-ring (bicyclic) bond motifs is 2. The number of thiophene rings is 2. The van der Waals surface area contributed by atoms with Gasteiger partial charge in [0.1, 0.15) is 4.83 Å². The first-order valence-corrected chi connectivity index (χ1v) is 12.5. The maximum Gasteiger partial charge on any atom is 0.263 e. The van der Waals surface area contributed by atoms with Crippen LogP contribution in [0.15, 0.2) is 57.1 Å². The first kappa shape index (κ1) is 20.2. The van der Waals surface area contributed by atoms with Gasteiger partial charge in [-0.1, -0.05) is 30.0 Å². The topological polar surface area (TPSA) is 72.3 Å². The van der Waals surface area contributed by atoms with E-state index in [9.17, 15) is 14.4 Å². The lowest BCUT2D eigenvalue weighted by atomic mass is 10.1. The number of nitrogens with zero attached hydrogens (tertiary/aromatic N) is 3. The van der Waals surface area contributed by atoms with Gasteiger partial charge in [-0.3, -0.25) is 23.9 Å². The Morgan fingerprint density at radius 1 is 0.968 bits per heavy atom. The molecule has 1 aliphatic heterocycles. The summed E-state index contributed by atoms with van der Waals surface area (Å²) in [4.78, 5) is 46.1. The molecule has 0 saturated carbocycles. The van der Waals surface area contributed by atoms with Gasteiger partial charge in [-0.15, -0.1) is 22.7 Å². The molecule has 0 N–H and O–H groups in total. The smallest absolute Gasteiger partial charge is 0.263 e. The van der Waals surface area contributed by atoms with Crippen LogP contribution in [0.1, 0.15) is 27.6 Å². The SMILES string of the molecule is CCn1c(SCCN2C(=O)c3ccccc3C2=O)nc2scc(-c3cccs3)c2c1=O. The van der Waals surface area contributed by atoms with Gasteiger partial charge in [0.2, 0.25) is 0 Å². The van der Waals surface area contributed by atoms with Gasteiger partial charge in [-0.05, 0) is 30.5 Å². The van der Waals surface area contributed by atoms with Crippen LogP contribution < -0.4 is 5.56 Å². The van der Waals surface area contributed by atoms with Crippen molar-refractivity contribution in [2.75, 3.05) is 12.3 Å². The summed E-state index contributed by atoms with van der Waals surface area (Å²) in [6.07, 6.45) is 0. The minimum atomic E-state index is -0.267. The van der Waals surface area contributed by atoms with Crippen molar-refractivity contribution in [3.05, 3.63) is 68.6 Å². The van der Waals surface area contributed by atoms with E-state index in [2.05, 4.69) is 0 Å². The van der Waals surface area contributed by atoms with Crippen LogP contribution >= 0.6 is 34.4 Å². The van der Waals surface area contributed by atoms with Crippen molar-refractivity contribution in [1.82, 2.24) is 14.5 Å². The summed E-state index contributed by atoms with van der Waals surface area (Å²) in [6, 6.07) is 10.8. The lowest BCUT2D eigenvalue weighted by Crippen LogP contribution is -2.32. The molecule has 9 heteroatoms. The normalized spacial score (nSPS) is 13.4. The van der Waals surface area contributed by atoms with E-state index in [1.165, 1.54) is 28.0 Å². The van der Waals surface area contributed by atoms with Crippen LogP contribution in [0.5, 0.6) is 0 Å². The zero-order valence-corrected chi connectivity index (χ0v) is 19.0. The maximum atomic E-state index is 13.2. The molecule has 0 aliphatic carbocycles. The molecule has 2 amide bonds. The van der Waals surface area contributed by atoms with Gasteiger partial charge >= 0.3 is 0 Å². The maximum absolute atomic E-state index is 13.2. The summed E-state index contributed by atoms with van der Waals surface area (Å²) < 4.78 is 1.67. The summed E-state index contributed by atoms with van der Waals surface area (Å²) >= 11 is 4.45. The Labute approximate surface area is 190 Å². The second-order valence-electron chi connectivity index (χ2n) is 6.91. The van der Waals surface area contributed by atoms with E-state index < -0.39 is 0 Å². The Balaban J connectivity index is 1.40. The second-order valence-corrected chi connectivity index (χ2v) is 9.77.